The summed E-state index contributed by atoms with van der Waals surface area (Å²) in [4.78, 5) is 70.3. The van der Waals surface area contributed by atoms with E-state index in [4.69, 9.17) is 31.2 Å². The quantitative estimate of drug-likeness (QED) is 0.0286. The summed E-state index contributed by atoms with van der Waals surface area (Å²) >= 11 is 3.35. The summed E-state index contributed by atoms with van der Waals surface area (Å²) < 4.78 is 10.7. The molecule has 2 aliphatic heterocycles. The number of anilines is 3. The van der Waals surface area contributed by atoms with Crippen molar-refractivity contribution in [2.24, 2.45) is 10.3 Å². The third kappa shape index (κ3) is 11.1. The van der Waals surface area contributed by atoms with Gasteiger partial charge in [-0.3, -0.25) is 14.4 Å². The minimum atomic E-state index is -1.36. The van der Waals surface area contributed by atoms with Crippen LogP contribution in [-0.2, 0) is 22.4 Å². The van der Waals surface area contributed by atoms with Gasteiger partial charge in [-0.25, -0.2) is 24.5 Å². The lowest BCUT2D eigenvalue weighted by atomic mass is 9.64. The number of nitrogens with two attached hydrogens (primary N) is 2. The lowest BCUT2D eigenvalue weighted by Crippen LogP contribution is -2.36. The van der Waals surface area contributed by atoms with Gasteiger partial charge in [0.05, 0.1) is 32.0 Å². The highest BCUT2D eigenvalue weighted by Crippen LogP contribution is 2.38. The van der Waals surface area contributed by atoms with Crippen LogP contribution in [0.1, 0.15) is 64.1 Å². The van der Waals surface area contributed by atoms with Crippen LogP contribution in [0.25, 0.3) is 0 Å². The second-order valence-corrected chi connectivity index (χ2v) is 16.0. The molecule has 61 heavy (non-hydrogen) atoms. The molecule has 0 aliphatic carbocycles. The molecule has 26 heteroatoms. The molecule has 2 aliphatic rings. The number of oxime groups is 2. The highest BCUT2D eigenvalue weighted by Gasteiger charge is 2.40. The van der Waals surface area contributed by atoms with E-state index >= 15 is 0 Å². The summed E-state index contributed by atoms with van der Waals surface area (Å²) in [6, 6.07) is 9.26. The molecule has 0 fully saturated rings. The van der Waals surface area contributed by atoms with Crippen LogP contribution >= 0.6 is 34.0 Å². The van der Waals surface area contributed by atoms with E-state index in [0.29, 0.717) is 25.8 Å². The third-order valence-corrected chi connectivity index (χ3v) is 11.5. The Hall–Kier alpha value is -6.73. The number of thiazole rings is 3. The highest BCUT2D eigenvalue weighted by atomic mass is 32.1. The van der Waals surface area contributed by atoms with E-state index < -0.39 is 49.4 Å². The first-order valence-corrected chi connectivity index (χ1v) is 20.0. The van der Waals surface area contributed by atoms with E-state index in [9.17, 15) is 44.2 Å². The summed E-state index contributed by atoms with van der Waals surface area (Å²) in [6.07, 6.45) is 5.16. The molecule has 0 bridgehead atoms. The number of hydrogen-bond acceptors (Lipinski definition) is 22. The monoisotopic (exact) mass is 892 g/mol. The molecule has 11 N–H and O–H groups in total. The molecule has 2 aromatic carbocycles. The Morgan fingerprint density at radius 3 is 1.52 bits per heavy atom. The summed E-state index contributed by atoms with van der Waals surface area (Å²) in [5, 5.41) is 67.2. The second-order valence-electron chi connectivity index (χ2n) is 12.9. The number of para-hydroxylation sites is 2. The van der Waals surface area contributed by atoms with E-state index in [2.05, 4.69) is 30.6 Å². The van der Waals surface area contributed by atoms with Crippen molar-refractivity contribution in [2.75, 3.05) is 23.8 Å². The zero-order valence-corrected chi connectivity index (χ0v) is 34.0. The van der Waals surface area contributed by atoms with E-state index in [1.807, 2.05) is 0 Å². The van der Waals surface area contributed by atoms with Crippen molar-refractivity contribution < 1.29 is 64.0 Å². The van der Waals surface area contributed by atoms with Crippen molar-refractivity contribution in [1.29, 1.82) is 0 Å². The third-order valence-electron chi connectivity index (χ3n) is 8.89. The Labute approximate surface area is 357 Å². The molecule has 0 radical (unpaired) electrons. The summed E-state index contributed by atoms with van der Waals surface area (Å²) in [7, 11) is -0.954. The highest BCUT2D eigenvalue weighted by molar-refractivity contribution is 7.18. The second kappa shape index (κ2) is 20.5. The lowest BCUT2D eigenvalue weighted by molar-refractivity contribution is -0.114. The number of ketones is 2. The Bertz CT molecular complexity index is 2350. The SMILES string of the molecule is CNc1ncc(C=O)s1.Nc1ncc(/C(=N/O)C(=O)C[C@H]2Cc3cccc(C(=O)O)c3OB2O)s1.Nc1ncc(/C(=N\O)C(=O)C[C@H]2Cc3cccc(C(=O)O)c3OB2O)s1. The van der Waals surface area contributed by atoms with Crippen LogP contribution in [-0.4, -0.2) is 108 Å². The number of carboxylic acids is 2. The summed E-state index contributed by atoms with van der Waals surface area (Å²) in [5.74, 6) is -4.41. The number of rotatable bonds is 12. The Balaban J connectivity index is 0.000000192. The maximum atomic E-state index is 12.5. The number of nitrogen functional groups attached to an aromatic ring is 2. The number of fused-ring (bicyclic) bond motifs is 2. The fraction of sp³-hybridized carbons (Fsp3) is 0.200. The van der Waals surface area contributed by atoms with Crippen molar-refractivity contribution in [2.45, 2.75) is 37.3 Å². The van der Waals surface area contributed by atoms with Gasteiger partial charge in [0.1, 0.15) is 11.5 Å². The molecule has 0 saturated heterocycles. The molecule has 21 nitrogen and oxygen atoms in total. The van der Waals surface area contributed by atoms with Crippen molar-refractivity contribution in [3.8, 4) is 11.5 Å². The van der Waals surface area contributed by atoms with Crippen LogP contribution in [0.3, 0.4) is 0 Å². The lowest BCUT2D eigenvalue weighted by Gasteiger charge is -2.27. The molecule has 5 heterocycles. The molecule has 7 rings (SSSR count). The maximum Gasteiger partial charge on any atom is 0.526 e. The van der Waals surface area contributed by atoms with Crippen LogP contribution in [0.4, 0.5) is 15.4 Å². The maximum absolute atomic E-state index is 12.5. The summed E-state index contributed by atoms with van der Waals surface area (Å²) in [5.41, 5.74) is 11.7. The van der Waals surface area contributed by atoms with Crippen LogP contribution in [0.5, 0.6) is 11.5 Å². The average molecular weight is 893 g/mol. The molecule has 0 unspecified atom stereocenters. The number of aromatic nitrogens is 3. The van der Waals surface area contributed by atoms with E-state index in [1.54, 1.807) is 37.5 Å². The Morgan fingerprint density at radius 1 is 0.770 bits per heavy atom. The van der Waals surface area contributed by atoms with Crippen molar-refractivity contribution in [3.05, 3.63) is 91.9 Å². The molecular weight excluding hydrogens is 858 g/mol. The smallest absolute Gasteiger partial charge is 0.526 e. The van der Waals surface area contributed by atoms with Crippen LogP contribution in [0.2, 0.25) is 11.6 Å². The first kappa shape index (κ1) is 45.4. The number of benzene rings is 2. The normalized spacial score (nSPS) is 15.6. The van der Waals surface area contributed by atoms with Gasteiger partial charge in [-0.2, -0.15) is 0 Å². The molecule has 0 spiro atoms. The summed E-state index contributed by atoms with van der Waals surface area (Å²) in [6.45, 7) is 0. The number of hydrogen-bond donors (Lipinski definition) is 9. The number of nitrogens with zero attached hydrogens (tertiary/aromatic N) is 5. The number of aldehydes is 1. The number of aromatic carboxylic acids is 2. The molecule has 3 aromatic heterocycles. The minimum Gasteiger partial charge on any atom is -0.535 e. The number of carbonyl (C=O) groups excluding carboxylic acids is 3. The first-order chi connectivity index (χ1) is 29.2. The molecule has 5 aromatic rings. The van der Waals surface area contributed by atoms with Gasteiger partial charge in [0.25, 0.3) is 0 Å². The fourth-order valence-electron chi connectivity index (χ4n) is 6.06. The molecule has 2 atom stereocenters. The molecule has 316 valence electrons. The van der Waals surface area contributed by atoms with Gasteiger partial charge < -0.3 is 56.8 Å². The Kier molecular flexibility index (Phi) is 15.2. The largest absolute Gasteiger partial charge is 0.535 e. The van der Waals surface area contributed by atoms with Gasteiger partial charge in [-0.05, 0) is 36.1 Å². The first-order valence-electron chi connectivity index (χ1n) is 17.6. The number of Topliss-reactive ketones (excluding diaryl/α,β-unsaturated/α-hetero) is 2. The van der Waals surface area contributed by atoms with E-state index in [0.717, 1.165) is 34.1 Å². The van der Waals surface area contributed by atoms with E-state index in [-0.39, 0.29) is 70.0 Å². The number of carbonyl (C=O) groups is 5. The number of nitrogens with one attached hydrogen (secondary N) is 1. The standard InChI is InChI=1S/2C15H14BN3O6S.C5H6N2OS/c2*17-15-18-6-11(26-15)12(19-24)10(20)5-8-4-7-2-1-3-9(14(21)22)13(7)25-16(8)23;1-6-5-7-2-4(3-8)9-5/h2*1-3,6,8,23-24H,4-5H2,(H2,17,18)(H,21,22);2-3H,1H3,(H,6,7)/b19-12+;19-12-;/t2*8-;/m11./s1. The topological polar surface area (TPSA) is 353 Å². The van der Waals surface area contributed by atoms with Crippen molar-refractivity contribution >= 4 is 105 Å². The van der Waals surface area contributed by atoms with Crippen LogP contribution in [0, 0.1) is 0 Å². The van der Waals surface area contributed by atoms with Gasteiger partial charge in [-0.1, -0.05) is 68.6 Å². The predicted octanol–water partition coefficient (Wildman–Crippen LogP) is 3.09. The zero-order valence-electron chi connectivity index (χ0n) is 31.6. The van der Waals surface area contributed by atoms with Gasteiger partial charge >= 0.3 is 26.2 Å². The zero-order chi connectivity index (χ0) is 44.4. The van der Waals surface area contributed by atoms with Gasteiger partial charge in [-0.15, -0.1) is 0 Å². The van der Waals surface area contributed by atoms with Gasteiger partial charge in [0.2, 0.25) is 0 Å². The van der Waals surface area contributed by atoms with E-state index in [1.165, 1.54) is 35.9 Å². The van der Waals surface area contributed by atoms with Gasteiger partial charge in [0, 0.05) is 43.9 Å². The number of carboxylic acid groups (broad SMARTS) is 2. The van der Waals surface area contributed by atoms with Crippen LogP contribution < -0.4 is 26.1 Å². The van der Waals surface area contributed by atoms with Crippen molar-refractivity contribution in [1.82, 2.24) is 15.0 Å². The van der Waals surface area contributed by atoms with Gasteiger partial charge in [0.15, 0.2) is 44.7 Å². The minimum absolute atomic E-state index is 0.0518. The fourth-order valence-corrected chi connectivity index (χ4v) is 8.02. The molecular formula is C35H34B2N8O13S3. The Morgan fingerprint density at radius 2 is 1.21 bits per heavy atom. The van der Waals surface area contributed by atoms with Crippen molar-refractivity contribution in [3.63, 3.8) is 0 Å². The molecule has 0 amide bonds. The van der Waals surface area contributed by atoms with Crippen LogP contribution in [0.15, 0.2) is 65.3 Å². The average Bonchev–Trinajstić information content (AvgIpc) is 4.00. The predicted molar refractivity (Wildman–Crippen MR) is 225 cm³/mol. The molecule has 0 saturated carbocycles.